The lowest BCUT2D eigenvalue weighted by Crippen LogP contribution is -2.27. The summed E-state index contributed by atoms with van der Waals surface area (Å²) < 4.78 is 0. The van der Waals surface area contributed by atoms with Crippen LogP contribution in [0.2, 0.25) is 0 Å². The van der Waals surface area contributed by atoms with Gasteiger partial charge in [-0.2, -0.15) is 0 Å². The number of hydrogen-bond acceptors (Lipinski definition) is 1. The molecule has 2 aliphatic rings. The zero-order valence-electron chi connectivity index (χ0n) is 21.5. The Kier molecular flexibility index (Phi) is 5.75. The van der Waals surface area contributed by atoms with Gasteiger partial charge in [-0.05, 0) is 74.9 Å². The summed E-state index contributed by atoms with van der Waals surface area (Å²) in [7, 11) is 0. The molecule has 4 aromatic rings. The Morgan fingerprint density at radius 3 is 2.26 bits per heavy atom. The fourth-order valence-electron chi connectivity index (χ4n) is 5.86. The van der Waals surface area contributed by atoms with Crippen LogP contribution in [0.1, 0.15) is 67.6 Å². The summed E-state index contributed by atoms with van der Waals surface area (Å²) in [4.78, 5) is 10.5. The van der Waals surface area contributed by atoms with Crippen molar-refractivity contribution in [3.63, 3.8) is 0 Å². The predicted octanol–water partition coefficient (Wildman–Crippen LogP) is 9.22. The van der Waals surface area contributed by atoms with Crippen LogP contribution in [0.15, 0.2) is 90.5 Å². The highest BCUT2D eigenvalue weighted by atomic mass is 16.1. The van der Waals surface area contributed by atoms with Gasteiger partial charge in [0.2, 0.25) is 0 Å². The molecule has 0 bridgehead atoms. The van der Waals surface area contributed by atoms with Crippen molar-refractivity contribution in [2.24, 2.45) is 5.41 Å². The fraction of sp³-hybridized carbons (Fsp3) is 0.265. The van der Waals surface area contributed by atoms with E-state index in [1.807, 2.05) is 42.5 Å². The average molecular weight is 459 g/mol. The Bertz CT molecular complexity index is 1510. The van der Waals surface area contributed by atoms with Crippen molar-refractivity contribution < 1.29 is 4.79 Å². The normalized spacial score (nSPS) is 17.4. The molecule has 2 aliphatic carbocycles. The van der Waals surface area contributed by atoms with Gasteiger partial charge in [-0.25, -0.2) is 0 Å². The first kappa shape index (κ1) is 23.3. The molecule has 0 atom stereocenters. The summed E-state index contributed by atoms with van der Waals surface area (Å²) in [6, 6.07) is 25.2. The molecule has 0 N–H and O–H groups in total. The van der Waals surface area contributed by atoms with E-state index in [1.165, 1.54) is 45.7 Å². The van der Waals surface area contributed by atoms with Gasteiger partial charge in [0.05, 0.1) is 0 Å². The molecule has 0 fully saturated rings. The highest BCUT2D eigenvalue weighted by molar-refractivity contribution is 5.95. The van der Waals surface area contributed by atoms with Gasteiger partial charge in [-0.1, -0.05) is 118 Å². The van der Waals surface area contributed by atoms with Gasteiger partial charge in [-0.15, -0.1) is 0 Å². The standard InChI is InChI=1S/C23H26.C11H8O/c1-15-6-7-16-8-9-19-18-10-11-22(2,3)13-17(18)14-23(4,5)21(19)20(16)12-15;12-8-9-5-6-10-3-1-2-4-11(10)7-9/h6-12H,13-14H2,1-5H3;1-8H. The number of fused-ring (bicyclic) bond motifs is 5. The number of allylic oxidation sites excluding steroid dienone is 4. The van der Waals surface area contributed by atoms with Crippen molar-refractivity contribution in [2.75, 3.05) is 0 Å². The first-order valence-corrected chi connectivity index (χ1v) is 12.6. The molecular weight excluding hydrogens is 424 g/mol. The molecule has 0 saturated carbocycles. The Morgan fingerprint density at radius 2 is 1.49 bits per heavy atom. The van der Waals surface area contributed by atoms with Crippen molar-refractivity contribution in [2.45, 2.75) is 52.9 Å². The highest BCUT2D eigenvalue weighted by Gasteiger charge is 2.36. The SMILES string of the molecule is Cc1ccc2ccc3c(c2c1)C(C)(C)CC1=C3C=CC(C)(C)C1.O=Cc1ccc2ccccc2c1. The lowest BCUT2D eigenvalue weighted by atomic mass is 9.64. The van der Waals surface area contributed by atoms with Crippen LogP contribution < -0.4 is 0 Å². The van der Waals surface area contributed by atoms with Crippen molar-refractivity contribution in [3.05, 3.63) is 113 Å². The molecule has 0 unspecified atom stereocenters. The van der Waals surface area contributed by atoms with Crippen molar-refractivity contribution in [3.8, 4) is 0 Å². The minimum absolute atomic E-state index is 0.197. The van der Waals surface area contributed by atoms with Gasteiger partial charge in [0.25, 0.3) is 0 Å². The second-order valence-electron chi connectivity index (χ2n) is 11.5. The van der Waals surface area contributed by atoms with E-state index >= 15 is 0 Å². The molecule has 176 valence electrons. The third kappa shape index (κ3) is 4.48. The van der Waals surface area contributed by atoms with Crippen LogP contribution in [0.4, 0.5) is 0 Å². The van der Waals surface area contributed by atoms with E-state index in [0.717, 1.165) is 17.2 Å². The first-order chi connectivity index (χ1) is 16.7. The molecule has 35 heavy (non-hydrogen) atoms. The van der Waals surface area contributed by atoms with E-state index in [4.69, 9.17) is 0 Å². The van der Waals surface area contributed by atoms with Crippen molar-refractivity contribution in [1.29, 1.82) is 0 Å². The van der Waals surface area contributed by atoms with Crippen molar-refractivity contribution in [1.82, 2.24) is 0 Å². The topological polar surface area (TPSA) is 17.1 Å². The average Bonchev–Trinajstić information content (AvgIpc) is 2.82. The smallest absolute Gasteiger partial charge is 0.150 e. The molecule has 0 saturated heterocycles. The second-order valence-corrected chi connectivity index (χ2v) is 11.5. The zero-order chi connectivity index (χ0) is 24.8. The number of carbonyl (C=O) groups excluding carboxylic acids is 1. The number of aryl methyl sites for hydroxylation is 1. The lowest BCUT2D eigenvalue weighted by molar-refractivity contribution is 0.112. The van der Waals surface area contributed by atoms with Crippen LogP contribution in [0.25, 0.3) is 27.1 Å². The molecule has 0 heterocycles. The van der Waals surface area contributed by atoms with E-state index < -0.39 is 0 Å². The third-order valence-electron chi connectivity index (χ3n) is 7.46. The molecule has 1 heteroatoms. The fourth-order valence-corrected chi connectivity index (χ4v) is 5.86. The van der Waals surface area contributed by atoms with Crippen LogP contribution in [-0.4, -0.2) is 6.29 Å². The van der Waals surface area contributed by atoms with E-state index in [-0.39, 0.29) is 5.41 Å². The number of rotatable bonds is 1. The minimum atomic E-state index is 0.197. The molecule has 0 spiro atoms. The molecule has 4 aromatic carbocycles. The summed E-state index contributed by atoms with van der Waals surface area (Å²) in [5, 5.41) is 5.09. The number of benzene rings is 4. The predicted molar refractivity (Wildman–Crippen MR) is 150 cm³/mol. The van der Waals surface area contributed by atoms with Crippen LogP contribution in [-0.2, 0) is 5.41 Å². The molecule has 0 radical (unpaired) electrons. The summed E-state index contributed by atoms with van der Waals surface area (Å²) in [6.45, 7) is 11.7. The van der Waals surface area contributed by atoms with E-state index in [0.29, 0.717) is 5.41 Å². The molecular formula is C34H34O. The van der Waals surface area contributed by atoms with Gasteiger partial charge < -0.3 is 0 Å². The molecule has 0 aliphatic heterocycles. The van der Waals surface area contributed by atoms with Gasteiger partial charge >= 0.3 is 0 Å². The number of aldehydes is 1. The number of carbonyl (C=O) groups is 1. The number of hydrogen-bond donors (Lipinski definition) is 0. The highest BCUT2D eigenvalue weighted by Crippen LogP contribution is 2.50. The first-order valence-electron chi connectivity index (χ1n) is 12.6. The summed E-state index contributed by atoms with van der Waals surface area (Å²) >= 11 is 0. The van der Waals surface area contributed by atoms with Crippen LogP contribution in [0, 0.1) is 12.3 Å². The maximum absolute atomic E-state index is 10.5. The molecule has 0 amide bonds. The lowest BCUT2D eigenvalue weighted by Gasteiger charge is -2.40. The third-order valence-corrected chi connectivity index (χ3v) is 7.46. The van der Waals surface area contributed by atoms with Gasteiger partial charge in [0.1, 0.15) is 6.29 Å². The Hall–Kier alpha value is -3.45. The molecule has 1 nitrogen and oxygen atoms in total. The van der Waals surface area contributed by atoms with Gasteiger partial charge in [0.15, 0.2) is 0 Å². The summed E-state index contributed by atoms with van der Waals surface area (Å²) in [5.74, 6) is 0. The van der Waals surface area contributed by atoms with Gasteiger partial charge in [-0.3, -0.25) is 4.79 Å². The minimum Gasteiger partial charge on any atom is -0.298 e. The Morgan fingerprint density at radius 1 is 0.771 bits per heavy atom. The van der Waals surface area contributed by atoms with E-state index in [1.54, 1.807) is 11.1 Å². The molecule has 6 rings (SSSR count). The second kappa shape index (κ2) is 8.64. The zero-order valence-corrected chi connectivity index (χ0v) is 21.5. The maximum Gasteiger partial charge on any atom is 0.150 e. The van der Waals surface area contributed by atoms with E-state index in [2.05, 4.69) is 77.1 Å². The van der Waals surface area contributed by atoms with Crippen LogP contribution in [0.5, 0.6) is 0 Å². The van der Waals surface area contributed by atoms with Crippen molar-refractivity contribution >= 4 is 33.4 Å². The Labute approximate surface area is 209 Å². The largest absolute Gasteiger partial charge is 0.298 e. The Balaban J connectivity index is 0.000000178. The van der Waals surface area contributed by atoms with Crippen LogP contribution in [0.3, 0.4) is 0 Å². The molecule has 0 aromatic heterocycles. The van der Waals surface area contributed by atoms with E-state index in [9.17, 15) is 4.79 Å². The summed E-state index contributed by atoms with van der Waals surface area (Å²) in [6.07, 6.45) is 8.01. The van der Waals surface area contributed by atoms with Crippen LogP contribution >= 0.6 is 0 Å². The van der Waals surface area contributed by atoms with Gasteiger partial charge in [0, 0.05) is 5.56 Å². The quantitative estimate of drug-likeness (QED) is 0.260. The maximum atomic E-state index is 10.5. The monoisotopic (exact) mass is 458 g/mol. The summed E-state index contributed by atoms with van der Waals surface area (Å²) in [5.41, 5.74) is 8.70.